The molecule has 20 heavy (non-hydrogen) atoms. The summed E-state index contributed by atoms with van der Waals surface area (Å²) in [6.45, 7) is 4.46. The van der Waals surface area contributed by atoms with E-state index in [1.165, 1.54) is 0 Å². The molecule has 1 aromatic carbocycles. The van der Waals surface area contributed by atoms with Gasteiger partial charge in [0.2, 0.25) is 0 Å². The molecule has 3 nitrogen and oxygen atoms in total. The molecule has 1 aromatic heterocycles. The van der Waals surface area contributed by atoms with Gasteiger partial charge in [-0.25, -0.2) is 4.98 Å². The highest BCUT2D eigenvalue weighted by molar-refractivity contribution is 7.11. The standard InChI is InChI=1S/C15H15ClN2OS/c1-10-9-12(3-4-13(10)16)19-8-6-15-18-11(2)14(20-15)5-7-17/h3-4,9H,5-6,8H2,1-2H3. The second-order valence-corrected chi connectivity index (χ2v) is 6.04. The Morgan fingerprint density at radius 2 is 2.20 bits per heavy atom. The number of hydrogen-bond acceptors (Lipinski definition) is 4. The SMILES string of the molecule is Cc1cc(OCCc2nc(C)c(CC#N)s2)ccc1Cl. The Bertz CT molecular complexity index is 646. The van der Waals surface area contributed by atoms with Crippen LogP contribution in [0.2, 0.25) is 5.02 Å². The lowest BCUT2D eigenvalue weighted by molar-refractivity contribution is 0.321. The van der Waals surface area contributed by atoms with Crippen molar-refractivity contribution in [3.05, 3.63) is 44.4 Å². The van der Waals surface area contributed by atoms with Crippen LogP contribution in [0.4, 0.5) is 0 Å². The first-order valence-electron chi connectivity index (χ1n) is 6.31. The third-order valence-corrected chi connectivity index (χ3v) is 4.53. The van der Waals surface area contributed by atoms with Gasteiger partial charge >= 0.3 is 0 Å². The fraction of sp³-hybridized carbons (Fsp3) is 0.333. The molecule has 0 atom stereocenters. The molecule has 0 unspecified atom stereocenters. The van der Waals surface area contributed by atoms with Crippen LogP contribution >= 0.6 is 22.9 Å². The topological polar surface area (TPSA) is 45.9 Å². The van der Waals surface area contributed by atoms with Gasteiger partial charge in [-0.3, -0.25) is 0 Å². The van der Waals surface area contributed by atoms with Gasteiger partial charge in [0.05, 0.1) is 29.8 Å². The highest BCUT2D eigenvalue weighted by Gasteiger charge is 2.07. The average molecular weight is 307 g/mol. The van der Waals surface area contributed by atoms with Gasteiger partial charge in [-0.05, 0) is 37.6 Å². The van der Waals surface area contributed by atoms with Crippen LogP contribution in [-0.4, -0.2) is 11.6 Å². The Balaban J connectivity index is 1.91. The first-order valence-corrected chi connectivity index (χ1v) is 7.50. The minimum absolute atomic E-state index is 0.431. The van der Waals surface area contributed by atoms with Crippen LogP contribution in [0, 0.1) is 25.2 Å². The van der Waals surface area contributed by atoms with E-state index in [2.05, 4.69) is 11.1 Å². The third kappa shape index (κ3) is 3.72. The summed E-state index contributed by atoms with van der Waals surface area (Å²) in [5, 5.41) is 10.5. The smallest absolute Gasteiger partial charge is 0.119 e. The molecular formula is C15H15ClN2OS. The van der Waals surface area contributed by atoms with Crippen molar-refractivity contribution in [1.29, 1.82) is 5.26 Å². The van der Waals surface area contributed by atoms with E-state index in [1.807, 2.05) is 32.0 Å². The second-order valence-electron chi connectivity index (χ2n) is 4.46. The zero-order valence-corrected chi connectivity index (χ0v) is 13.0. The van der Waals surface area contributed by atoms with Gasteiger partial charge in [0.25, 0.3) is 0 Å². The summed E-state index contributed by atoms with van der Waals surface area (Å²) in [5.74, 6) is 0.817. The van der Waals surface area contributed by atoms with Crippen LogP contribution in [0.25, 0.3) is 0 Å². The molecule has 0 aliphatic rings. The van der Waals surface area contributed by atoms with Crippen LogP contribution < -0.4 is 4.74 Å². The minimum atomic E-state index is 0.431. The minimum Gasteiger partial charge on any atom is -0.493 e. The van der Waals surface area contributed by atoms with E-state index in [0.29, 0.717) is 13.0 Å². The average Bonchev–Trinajstić information content (AvgIpc) is 2.75. The van der Waals surface area contributed by atoms with Gasteiger partial charge < -0.3 is 4.74 Å². The largest absolute Gasteiger partial charge is 0.493 e. The number of halogens is 1. The molecule has 0 aliphatic heterocycles. The Morgan fingerprint density at radius 3 is 2.90 bits per heavy atom. The molecule has 0 amide bonds. The maximum Gasteiger partial charge on any atom is 0.119 e. The van der Waals surface area contributed by atoms with Gasteiger partial charge in [-0.2, -0.15) is 5.26 Å². The molecule has 1 heterocycles. The number of aryl methyl sites for hydroxylation is 2. The van der Waals surface area contributed by atoms with Crippen molar-refractivity contribution >= 4 is 22.9 Å². The number of nitrogens with zero attached hydrogens (tertiary/aromatic N) is 2. The van der Waals surface area contributed by atoms with E-state index in [4.69, 9.17) is 21.6 Å². The molecule has 0 fully saturated rings. The molecule has 5 heteroatoms. The summed E-state index contributed by atoms with van der Waals surface area (Å²) in [6.07, 6.45) is 1.18. The summed E-state index contributed by atoms with van der Waals surface area (Å²) >= 11 is 7.56. The summed E-state index contributed by atoms with van der Waals surface area (Å²) in [6, 6.07) is 7.79. The summed E-state index contributed by atoms with van der Waals surface area (Å²) in [4.78, 5) is 5.50. The Morgan fingerprint density at radius 1 is 1.40 bits per heavy atom. The number of hydrogen-bond donors (Lipinski definition) is 0. The van der Waals surface area contributed by atoms with Crippen molar-refractivity contribution < 1.29 is 4.74 Å². The maximum absolute atomic E-state index is 8.72. The zero-order chi connectivity index (χ0) is 14.5. The van der Waals surface area contributed by atoms with Gasteiger partial charge in [-0.15, -0.1) is 11.3 Å². The van der Waals surface area contributed by atoms with E-state index >= 15 is 0 Å². The maximum atomic E-state index is 8.72. The predicted octanol–water partition coefficient (Wildman–Crippen LogP) is 4.10. The van der Waals surface area contributed by atoms with E-state index < -0.39 is 0 Å². The predicted molar refractivity (Wildman–Crippen MR) is 81.6 cm³/mol. The molecule has 0 saturated carbocycles. The van der Waals surface area contributed by atoms with Gasteiger partial charge in [0.1, 0.15) is 5.75 Å². The van der Waals surface area contributed by atoms with Gasteiger partial charge in [-0.1, -0.05) is 11.6 Å². The van der Waals surface area contributed by atoms with Crippen molar-refractivity contribution in [2.75, 3.05) is 6.61 Å². The fourth-order valence-electron chi connectivity index (χ4n) is 1.79. The molecule has 0 N–H and O–H groups in total. The lowest BCUT2D eigenvalue weighted by Gasteiger charge is -2.06. The van der Waals surface area contributed by atoms with Crippen LogP contribution in [-0.2, 0) is 12.8 Å². The fourth-order valence-corrected chi connectivity index (χ4v) is 2.89. The molecule has 0 bridgehead atoms. The van der Waals surface area contributed by atoms with E-state index in [9.17, 15) is 0 Å². The van der Waals surface area contributed by atoms with Crippen molar-refractivity contribution in [2.45, 2.75) is 26.7 Å². The number of benzene rings is 1. The van der Waals surface area contributed by atoms with E-state index in [1.54, 1.807) is 11.3 Å². The van der Waals surface area contributed by atoms with Crippen LogP contribution in [0.3, 0.4) is 0 Å². The lowest BCUT2D eigenvalue weighted by Crippen LogP contribution is -2.01. The lowest BCUT2D eigenvalue weighted by atomic mass is 10.2. The number of rotatable bonds is 5. The van der Waals surface area contributed by atoms with E-state index in [0.717, 1.165) is 38.3 Å². The summed E-state index contributed by atoms with van der Waals surface area (Å²) in [5.41, 5.74) is 1.96. The normalized spacial score (nSPS) is 10.3. The molecule has 2 rings (SSSR count). The first-order chi connectivity index (χ1) is 9.60. The van der Waals surface area contributed by atoms with Gasteiger partial charge in [0.15, 0.2) is 0 Å². The summed E-state index contributed by atoms with van der Waals surface area (Å²) < 4.78 is 5.70. The Hall–Kier alpha value is -1.57. The molecular weight excluding hydrogens is 292 g/mol. The van der Waals surface area contributed by atoms with Crippen molar-refractivity contribution in [3.8, 4) is 11.8 Å². The zero-order valence-electron chi connectivity index (χ0n) is 11.4. The number of ether oxygens (including phenoxy) is 1. The quantitative estimate of drug-likeness (QED) is 0.835. The molecule has 0 aliphatic carbocycles. The molecule has 2 aromatic rings. The van der Waals surface area contributed by atoms with Crippen molar-refractivity contribution in [1.82, 2.24) is 4.98 Å². The molecule has 0 radical (unpaired) electrons. The monoisotopic (exact) mass is 306 g/mol. The third-order valence-electron chi connectivity index (χ3n) is 2.89. The number of nitriles is 1. The van der Waals surface area contributed by atoms with Gasteiger partial charge in [0, 0.05) is 16.3 Å². The Labute approximate surface area is 127 Å². The van der Waals surface area contributed by atoms with Crippen LogP contribution in [0.5, 0.6) is 5.75 Å². The van der Waals surface area contributed by atoms with E-state index in [-0.39, 0.29) is 0 Å². The first kappa shape index (κ1) is 14.8. The highest BCUT2D eigenvalue weighted by Crippen LogP contribution is 2.22. The van der Waals surface area contributed by atoms with Crippen LogP contribution in [0.15, 0.2) is 18.2 Å². The van der Waals surface area contributed by atoms with Crippen LogP contribution in [0.1, 0.15) is 21.1 Å². The second kappa shape index (κ2) is 6.74. The number of aromatic nitrogens is 1. The molecule has 0 spiro atoms. The summed E-state index contributed by atoms with van der Waals surface area (Å²) in [7, 11) is 0. The highest BCUT2D eigenvalue weighted by atomic mass is 35.5. The molecule has 104 valence electrons. The molecule has 0 saturated heterocycles. The number of thiazole rings is 1. The van der Waals surface area contributed by atoms with Crippen molar-refractivity contribution in [3.63, 3.8) is 0 Å². The van der Waals surface area contributed by atoms with Crippen molar-refractivity contribution in [2.24, 2.45) is 0 Å². The Kier molecular flexibility index (Phi) is 4.99.